The van der Waals surface area contributed by atoms with Crippen molar-refractivity contribution in [1.82, 2.24) is 0 Å². The van der Waals surface area contributed by atoms with E-state index in [1.807, 2.05) is 20.8 Å². The van der Waals surface area contributed by atoms with Crippen molar-refractivity contribution >= 4 is 17.7 Å². The van der Waals surface area contributed by atoms with Gasteiger partial charge in [-0.05, 0) is 106 Å². The predicted molar refractivity (Wildman–Crippen MR) is 318 cm³/mol. The Morgan fingerprint density at radius 2 is 1.15 bits per heavy atom. The molecule has 0 spiro atoms. The zero-order chi connectivity index (χ0) is 71.8. The van der Waals surface area contributed by atoms with Crippen molar-refractivity contribution in [3.63, 3.8) is 0 Å². The normalized spacial score (nSPS) is 54.1. The van der Waals surface area contributed by atoms with Crippen molar-refractivity contribution < 1.29 is 168 Å². The van der Waals surface area contributed by atoms with Crippen LogP contribution >= 0.6 is 0 Å². The van der Waals surface area contributed by atoms with E-state index in [4.69, 9.17) is 56.8 Å². The van der Waals surface area contributed by atoms with E-state index in [1.54, 1.807) is 6.92 Å². The van der Waals surface area contributed by atoms with Crippen LogP contribution in [0.1, 0.15) is 99.8 Å². The molecule has 34 nitrogen and oxygen atoms in total. The Hall–Kier alpha value is -2.81. The van der Waals surface area contributed by atoms with E-state index in [-0.39, 0.29) is 38.5 Å². The fourth-order valence-corrected chi connectivity index (χ4v) is 18.8. The zero-order valence-electron chi connectivity index (χ0n) is 55.5. The summed E-state index contributed by atoms with van der Waals surface area (Å²) >= 11 is 0. The number of fused-ring (bicyclic) bond motifs is 7. The van der Waals surface area contributed by atoms with Crippen LogP contribution in [-0.4, -0.2) is 332 Å². The summed E-state index contributed by atoms with van der Waals surface area (Å²) in [6.07, 6.45) is -45.4. The monoisotopic (exact) mass is 1410 g/mol. The van der Waals surface area contributed by atoms with Crippen LogP contribution in [0, 0.1) is 50.2 Å². The summed E-state index contributed by atoms with van der Waals surface area (Å²) < 4.78 is 69.7. The predicted octanol–water partition coefficient (Wildman–Crippen LogP) is -6.87. The minimum Gasteiger partial charge on any atom is -0.481 e. The summed E-state index contributed by atoms with van der Waals surface area (Å²) in [4.78, 5) is 44.9. The minimum atomic E-state index is -2.25. The van der Waals surface area contributed by atoms with Crippen LogP contribution < -0.4 is 0 Å². The first-order valence-electron chi connectivity index (χ1n) is 33.7. The molecule has 6 heterocycles. The van der Waals surface area contributed by atoms with Gasteiger partial charge < -0.3 is 154 Å². The molecule has 10 fully saturated rings. The summed E-state index contributed by atoms with van der Waals surface area (Å²) in [6.45, 7) is 7.73. The molecule has 19 N–H and O–H groups in total. The van der Waals surface area contributed by atoms with E-state index in [0.717, 1.165) is 0 Å². The average Bonchev–Trinajstić information content (AvgIpc) is 0.706. The third-order valence-electron chi connectivity index (χ3n) is 24.7. The molecule has 37 atom stereocenters. The number of ether oxygens (including phenoxy) is 12. The molecule has 0 aromatic carbocycles. The molecule has 0 bridgehead atoms. The van der Waals surface area contributed by atoms with Gasteiger partial charge in [0, 0.05) is 11.3 Å². The average molecular weight is 1410 g/mol. The molecule has 98 heavy (non-hydrogen) atoms. The lowest BCUT2D eigenvalue weighted by Crippen LogP contribution is -2.72. The lowest BCUT2D eigenvalue weighted by molar-refractivity contribution is -0.375. The van der Waals surface area contributed by atoms with Gasteiger partial charge in [0.05, 0.1) is 68.8 Å². The van der Waals surface area contributed by atoms with E-state index in [0.29, 0.717) is 18.4 Å². The van der Waals surface area contributed by atoms with Crippen LogP contribution in [0.4, 0.5) is 0 Å². The van der Waals surface area contributed by atoms with E-state index in [2.05, 4.69) is 0 Å². The highest BCUT2D eigenvalue weighted by Crippen LogP contribution is 2.76. The molecule has 4 saturated carbocycles. The molecule has 11 aliphatic rings. The maximum atomic E-state index is 15.6. The van der Waals surface area contributed by atoms with Crippen LogP contribution in [0.5, 0.6) is 0 Å². The number of ketones is 1. The van der Waals surface area contributed by atoms with Crippen molar-refractivity contribution in [2.45, 2.75) is 277 Å². The van der Waals surface area contributed by atoms with Crippen molar-refractivity contribution in [2.75, 3.05) is 39.6 Å². The Kier molecular flexibility index (Phi) is 21.7. The molecular formula is C64H100O34. The molecule has 0 aromatic heterocycles. The highest BCUT2D eigenvalue weighted by Gasteiger charge is 2.76. The molecule has 0 unspecified atom stereocenters. The van der Waals surface area contributed by atoms with Gasteiger partial charge in [0.15, 0.2) is 43.3 Å². The third kappa shape index (κ3) is 12.5. The first kappa shape index (κ1) is 76.3. The molecule has 0 aromatic rings. The van der Waals surface area contributed by atoms with Crippen molar-refractivity contribution in [3.05, 3.63) is 11.6 Å². The molecule has 5 aliphatic carbocycles. The van der Waals surface area contributed by atoms with Crippen LogP contribution in [-0.2, 0) is 71.2 Å². The van der Waals surface area contributed by atoms with Crippen LogP contribution in [0.3, 0.4) is 0 Å². The maximum Gasteiger partial charge on any atom is 0.315 e. The van der Waals surface area contributed by atoms with Gasteiger partial charge >= 0.3 is 11.9 Å². The van der Waals surface area contributed by atoms with Crippen molar-refractivity contribution in [1.29, 1.82) is 0 Å². The number of carboxylic acids is 1. The molecule has 6 saturated heterocycles. The number of rotatable bonds is 17. The van der Waals surface area contributed by atoms with Gasteiger partial charge in [-0.2, -0.15) is 0 Å². The van der Waals surface area contributed by atoms with Gasteiger partial charge in [-0.25, -0.2) is 0 Å². The Bertz CT molecular complexity index is 2890. The second-order valence-electron chi connectivity index (χ2n) is 31.0. The first-order chi connectivity index (χ1) is 45.8. The number of aliphatic hydroxyl groups excluding tert-OH is 17. The van der Waals surface area contributed by atoms with Crippen LogP contribution in [0.15, 0.2) is 11.6 Å². The Labute approximate surface area is 563 Å². The smallest absolute Gasteiger partial charge is 0.315 e. The number of allylic oxidation sites excluding steroid dienone is 1. The summed E-state index contributed by atoms with van der Waals surface area (Å²) in [5.41, 5.74) is -9.34. The second-order valence-corrected chi connectivity index (χ2v) is 31.0. The van der Waals surface area contributed by atoms with Gasteiger partial charge in [-0.15, -0.1) is 0 Å². The Balaban J connectivity index is 0.766. The number of aliphatic carboxylic acids is 1. The summed E-state index contributed by atoms with van der Waals surface area (Å²) in [7, 11) is 0. The maximum absolute atomic E-state index is 15.6. The molecular weight excluding hydrogens is 1310 g/mol. The number of aliphatic hydroxyl groups is 18. The number of hydrogen-bond donors (Lipinski definition) is 19. The number of carbonyl (C=O) groups excluding carboxylic acids is 2. The van der Waals surface area contributed by atoms with Crippen molar-refractivity contribution in [3.8, 4) is 0 Å². The van der Waals surface area contributed by atoms with Gasteiger partial charge in [-0.3, -0.25) is 14.4 Å². The summed E-state index contributed by atoms with van der Waals surface area (Å²) in [5.74, 6) is -5.41. The van der Waals surface area contributed by atoms with Crippen LogP contribution in [0.25, 0.3) is 0 Å². The number of carbonyl (C=O) groups is 3. The second kappa shape index (κ2) is 27.9. The third-order valence-corrected chi connectivity index (χ3v) is 24.7. The highest BCUT2D eigenvalue weighted by molar-refractivity contribution is 5.96. The van der Waals surface area contributed by atoms with E-state index in [9.17, 15) is 102 Å². The largest absolute Gasteiger partial charge is 0.481 e. The lowest BCUT2D eigenvalue weighted by Gasteiger charge is -2.70. The topological polar surface area (TPSA) is 546 Å². The standard InChI is InChI=1S/C64H100O34/c1-23-33(70)39(76)46(96-52-44(81)40(77)45(24(2)91-52)95-50-41(78)36(73)31(19-87-50)94-55-48(82)64(86,22-89-55)21-88-51-42(79)37(74)34(71)29(17-65)92-51)54(90-23)98-57(85)62-11-10-58(3,4)15-26(62)25-14-27(68)47-59(5)16-28(69)49(97-53-43(80)38(75)35(72)30(18-66)93-53)61(7,56(83)84)32(59)8-9-60(47,6)63(25,20-67)13-12-62/h14,23-24,26,28-55,65-67,69-82,86H,8-13,15-22H2,1-7H3,(H,83,84)/t23-,24+,26+,28+,29-,30-,31-,32-,33+,34+,35-,36+,37+,38+,39+,40+,41-,42-,43-,44-,45+,46-,47-,48+,49+,50+,51-,52+,53+,54+,55+,59+,60-,61+,62+,63+,64+/m1/s1. The number of esters is 1. The molecule has 34 heteroatoms. The van der Waals surface area contributed by atoms with Gasteiger partial charge in [0.1, 0.15) is 115 Å². The molecule has 6 aliphatic heterocycles. The molecule has 11 rings (SSSR count). The quantitative estimate of drug-likeness (QED) is 0.0475. The molecule has 560 valence electrons. The number of hydrogen-bond acceptors (Lipinski definition) is 33. The van der Waals surface area contributed by atoms with Crippen LogP contribution in [0.2, 0.25) is 0 Å². The summed E-state index contributed by atoms with van der Waals surface area (Å²) in [5, 5.41) is 209. The van der Waals surface area contributed by atoms with Gasteiger partial charge in [0.25, 0.3) is 0 Å². The molecule has 0 amide bonds. The number of carboxylic acid groups (broad SMARTS) is 1. The van der Waals surface area contributed by atoms with Crippen molar-refractivity contribution in [2.24, 2.45) is 50.2 Å². The summed E-state index contributed by atoms with van der Waals surface area (Å²) in [6, 6.07) is 0. The van der Waals surface area contributed by atoms with E-state index in [1.165, 1.54) is 26.8 Å². The van der Waals surface area contributed by atoms with Gasteiger partial charge in [-0.1, -0.05) is 33.3 Å². The van der Waals surface area contributed by atoms with E-state index < -0.39 is 285 Å². The van der Waals surface area contributed by atoms with Gasteiger partial charge in [0.2, 0.25) is 6.29 Å². The first-order valence-corrected chi connectivity index (χ1v) is 33.7. The van der Waals surface area contributed by atoms with E-state index >= 15 is 9.59 Å². The minimum absolute atomic E-state index is 0.0714. The fraction of sp³-hybridized carbons (Fsp3) is 0.922. The highest BCUT2D eigenvalue weighted by atomic mass is 16.8. The zero-order valence-corrected chi connectivity index (χ0v) is 55.5. The Morgan fingerprint density at radius 3 is 1.79 bits per heavy atom. The Morgan fingerprint density at radius 1 is 0.582 bits per heavy atom. The lowest BCUT2D eigenvalue weighted by atomic mass is 9.33. The fourth-order valence-electron chi connectivity index (χ4n) is 18.8. The SMILES string of the molecule is C[C@@H]1O[C@@H](O[C@H]2[C@H](OC(=O)[C@]34CCC(C)(C)C[C@H]3C3=CC(=O)[C@@H]5[C@@]6(C)C[C@H](O)[C@H](O[C@@H]7O[C@H](CO)[C@@H](O)[C@H](O)[C@H]7O)[C@@](C)(C(=O)O)[C@@H]6CC[C@@]5(C)[C@]3(CO)CC4)O[C@H](C)[C@H](O)[C@@H]2O)[C@H](O)[C@H](O)[C@H]1O[C@@H]1OC[C@@H](O[C@@H]2OC[C@@](O)(CO[C@@H]3O[C@H](CO)[C@H](O)[C@H](O)[C@H]3O)[C@H]2O)[C@H](O)[C@H]1O. The molecule has 0 radical (unpaired) electrons.